The van der Waals surface area contributed by atoms with Crippen LogP contribution < -0.4 is 10.5 Å². The molecule has 0 aliphatic rings. The van der Waals surface area contributed by atoms with Crippen molar-refractivity contribution in [2.75, 3.05) is 12.3 Å². The molecule has 0 bridgehead atoms. The summed E-state index contributed by atoms with van der Waals surface area (Å²) in [6.45, 7) is -1.50. The average Bonchev–Trinajstić information content (AvgIpc) is 2.07. The number of hydrogen-bond acceptors (Lipinski definition) is 2. The number of benzene rings is 1. The van der Waals surface area contributed by atoms with Gasteiger partial charge in [0.1, 0.15) is 11.6 Å². The molecule has 0 aliphatic carbocycles. The second-order valence-electron chi connectivity index (χ2n) is 2.71. The topological polar surface area (TPSA) is 35.2 Å². The molecule has 0 heterocycles. The Labute approximate surface area is 87.6 Å². The van der Waals surface area contributed by atoms with Crippen LogP contribution in [0.15, 0.2) is 12.1 Å². The molecule has 0 fully saturated rings. The standard InChI is InChI=1S/C8H6ClF4NO/c9-4-1-5(10)6(14)2-7(4)15-3-8(11,12)13/h1-2H,3,14H2. The van der Waals surface area contributed by atoms with Crippen LogP contribution in [0, 0.1) is 5.82 Å². The first kappa shape index (κ1) is 11.9. The van der Waals surface area contributed by atoms with E-state index in [-0.39, 0.29) is 16.5 Å². The average molecular weight is 244 g/mol. The molecule has 15 heavy (non-hydrogen) atoms. The number of anilines is 1. The van der Waals surface area contributed by atoms with Gasteiger partial charge in [-0.1, -0.05) is 11.6 Å². The number of rotatable bonds is 2. The molecule has 1 aromatic carbocycles. The van der Waals surface area contributed by atoms with Crippen LogP contribution in [0.25, 0.3) is 0 Å². The number of alkyl halides is 3. The molecule has 0 aromatic heterocycles. The third-order valence-corrected chi connectivity index (χ3v) is 1.74. The molecule has 1 rings (SSSR count). The van der Waals surface area contributed by atoms with Gasteiger partial charge < -0.3 is 10.5 Å². The van der Waals surface area contributed by atoms with Crippen LogP contribution >= 0.6 is 11.6 Å². The summed E-state index contributed by atoms with van der Waals surface area (Å²) in [7, 11) is 0. The van der Waals surface area contributed by atoms with Gasteiger partial charge in [-0.2, -0.15) is 13.2 Å². The van der Waals surface area contributed by atoms with Crippen LogP contribution in [0.5, 0.6) is 5.75 Å². The first-order valence-corrected chi connectivity index (χ1v) is 4.11. The molecule has 0 saturated carbocycles. The predicted octanol–water partition coefficient (Wildman–Crippen LogP) is 3.00. The molecule has 0 atom stereocenters. The minimum Gasteiger partial charge on any atom is -0.482 e. The summed E-state index contributed by atoms with van der Waals surface area (Å²) >= 11 is 5.44. The lowest BCUT2D eigenvalue weighted by Crippen LogP contribution is -2.19. The second-order valence-corrected chi connectivity index (χ2v) is 3.12. The Bertz CT molecular complexity index is 366. The fourth-order valence-electron chi connectivity index (χ4n) is 0.815. The fraction of sp³-hybridized carbons (Fsp3) is 0.250. The maximum atomic E-state index is 12.7. The highest BCUT2D eigenvalue weighted by molar-refractivity contribution is 6.32. The molecule has 1 aromatic rings. The van der Waals surface area contributed by atoms with E-state index in [1.54, 1.807) is 0 Å². The number of ether oxygens (including phenoxy) is 1. The van der Waals surface area contributed by atoms with Crippen molar-refractivity contribution in [1.29, 1.82) is 0 Å². The molecule has 0 spiro atoms. The molecule has 0 aliphatic heterocycles. The molecule has 0 amide bonds. The molecule has 84 valence electrons. The van der Waals surface area contributed by atoms with E-state index in [9.17, 15) is 17.6 Å². The SMILES string of the molecule is Nc1cc(OCC(F)(F)F)c(Cl)cc1F. The van der Waals surface area contributed by atoms with Gasteiger partial charge in [-0.3, -0.25) is 0 Å². The van der Waals surface area contributed by atoms with Crippen molar-refractivity contribution in [2.45, 2.75) is 6.18 Å². The van der Waals surface area contributed by atoms with E-state index in [0.29, 0.717) is 0 Å². The van der Waals surface area contributed by atoms with Gasteiger partial charge in [0.2, 0.25) is 0 Å². The summed E-state index contributed by atoms with van der Waals surface area (Å²) < 4.78 is 52.4. The number of hydrogen-bond donors (Lipinski definition) is 1. The zero-order valence-electron chi connectivity index (χ0n) is 7.24. The Kier molecular flexibility index (Phi) is 3.28. The molecule has 0 unspecified atom stereocenters. The smallest absolute Gasteiger partial charge is 0.422 e. The molecule has 7 heteroatoms. The van der Waals surface area contributed by atoms with Gasteiger partial charge >= 0.3 is 6.18 Å². The maximum absolute atomic E-state index is 12.7. The van der Waals surface area contributed by atoms with Crippen molar-refractivity contribution in [3.05, 3.63) is 23.0 Å². The maximum Gasteiger partial charge on any atom is 0.422 e. The molecule has 0 radical (unpaired) electrons. The Morgan fingerprint density at radius 2 is 1.93 bits per heavy atom. The predicted molar refractivity (Wildman–Crippen MR) is 47.4 cm³/mol. The van der Waals surface area contributed by atoms with E-state index in [1.807, 2.05) is 0 Å². The van der Waals surface area contributed by atoms with Gasteiger partial charge in [-0.25, -0.2) is 4.39 Å². The Hall–Kier alpha value is -1.17. The molecule has 0 saturated heterocycles. The van der Waals surface area contributed by atoms with Crippen LogP contribution in [0.1, 0.15) is 0 Å². The minimum absolute atomic E-state index is 0.258. The van der Waals surface area contributed by atoms with Crippen molar-refractivity contribution >= 4 is 17.3 Å². The van der Waals surface area contributed by atoms with Gasteiger partial charge in [0, 0.05) is 6.07 Å². The van der Waals surface area contributed by atoms with Crippen LogP contribution in [-0.2, 0) is 0 Å². The van der Waals surface area contributed by atoms with Crippen molar-refractivity contribution in [3.63, 3.8) is 0 Å². The normalized spacial score (nSPS) is 11.5. The quantitative estimate of drug-likeness (QED) is 0.640. The van der Waals surface area contributed by atoms with Gasteiger partial charge in [0.25, 0.3) is 0 Å². The molecular weight excluding hydrogens is 238 g/mol. The van der Waals surface area contributed by atoms with Crippen LogP contribution in [-0.4, -0.2) is 12.8 Å². The van der Waals surface area contributed by atoms with E-state index in [2.05, 4.69) is 4.74 Å². The first-order chi connectivity index (χ1) is 6.79. The number of halogens is 5. The number of nitrogens with two attached hydrogens (primary N) is 1. The van der Waals surface area contributed by atoms with Gasteiger partial charge in [-0.05, 0) is 6.07 Å². The second kappa shape index (κ2) is 4.14. The summed E-state index contributed by atoms with van der Waals surface area (Å²) in [4.78, 5) is 0. The highest BCUT2D eigenvalue weighted by atomic mass is 35.5. The summed E-state index contributed by atoms with van der Waals surface area (Å²) in [6.07, 6.45) is -4.48. The molecule has 2 nitrogen and oxygen atoms in total. The van der Waals surface area contributed by atoms with Gasteiger partial charge in [-0.15, -0.1) is 0 Å². The van der Waals surface area contributed by atoms with E-state index in [4.69, 9.17) is 17.3 Å². The summed E-state index contributed by atoms with van der Waals surface area (Å²) in [6, 6.07) is 1.70. The van der Waals surface area contributed by atoms with Crippen molar-refractivity contribution in [1.82, 2.24) is 0 Å². The molecular formula is C8H6ClF4NO. The largest absolute Gasteiger partial charge is 0.482 e. The van der Waals surface area contributed by atoms with Crippen molar-refractivity contribution in [3.8, 4) is 5.75 Å². The van der Waals surface area contributed by atoms with E-state index in [0.717, 1.165) is 12.1 Å². The summed E-state index contributed by atoms with van der Waals surface area (Å²) in [5, 5.41) is -0.258. The van der Waals surface area contributed by atoms with Crippen LogP contribution in [0.2, 0.25) is 5.02 Å². The van der Waals surface area contributed by atoms with Crippen LogP contribution in [0.3, 0.4) is 0 Å². The third-order valence-electron chi connectivity index (χ3n) is 1.44. The third kappa shape index (κ3) is 3.47. The molecule has 2 N–H and O–H groups in total. The lowest BCUT2D eigenvalue weighted by atomic mass is 10.3. The fourth-order valence-corrected chi connectivity index (χ4v) is 1.02. The summed E-state index contributed by atoms with van der Waals surface area (Å²) in [5.41, 5.74) is 4.81. The number of nitrogen functional groups attached to an aromatic ring is 1. The van der Waals surface area contributed by atoms with Gasteiger partial charge in [0.15, 0.2) is 6.61 Å². The minimum atomic E-state index is -4.48. The summed E-state index contributed by atoms with van der Waals surface area (Å²) in [5.74, 6) is -1.10. The Morgan fingerprint density at radius 3 is 2.47 bits per heavy atom. The van der Waals surface area contributed by atoms with Gasteiger partial charge in [0.05, 0.1) is 10.7 Å². The highest BCUT2D eigenvalue weighted by Gasteiger charge is 2.28. The monoisotopic (exact) mass is 243 g/mol. The van der Waals surface area contributed by atoms with Crippen LogP contribution in [0.4, 0.5) is 23.2 Å². The Balaban J connectivity index is 2.82. The van der Waals surface area contributed by atoms with E-state index < -0.39 is 18.6 Å². The van der Waals surface area contributed by atoms with E-state index >= 15 is 0 Å². The van der Waals surface area contributed by atoms with Crippen molar-refractivity contribution < 1.29 is 22.3 Å². The van der Waals surface area contributed by atoms with Crippen molar-refractivity contribution in [2.24, 2.45) is 0 Å². The lowest BCUT2D eigenvalue weighted by Gasteiger charge is -2.11. The highest BCUT2D eigenvalue weighted by Crippen LogP contribution is 2.30. The zero-order chi connectivity index (χ0) is 11.6. The Morgan fingerprint density at radius 1 is 1.33 bits per heavy atom. The van der Waals surface area contributed by atoms with E-state index in [1.165, 1.54) is 0 Å². The first-order valence-electron chi connectivity index (χ1n) is 3.73. The zero-order valence-corrected chi connectivity index (χ0v) is 7.99. The lowest BCUT2D eigenvalue weighted by molar-refractivity contribution is -0.153.